The van der Waals surface area contributed by atoms with E-state index in [9.17, 15) is 4.79 Å². The molecule has 0 unspecified atom stereocenters. The fraction of sp³-hybridized carbons (Fsp3) is 0.273. The number of nitrogens with zero attached hydrogens (tertiary/aromatic N) is 2. The largest absolute Gasteiger partial charge is 0.292 e. The average molecular weight is 367 g/mol. The molecule has 0 aliphatic heterocycles. The van der Waals surface area contributed by atoms with Gasteiger partial charge >= 0.3 is 0 Å². The van der Waals surface area contributed by atoms with Gasteiger partial charge in [-0.05, 0) is 24.1 Å². The van der Waals surface area contributed by atoms with E-state index in [0.717, 1.165) is 42.6 Å². The second-order valence-electron chi connectivity index (χ2n) is 6.43. The predicted octanol–water partition coefficient (Wildman–Crippen LogP) is 5.34. The highest BCUT2D eigenvalue weighted by molar-refractivity contribution is 6.30. The molecule has 1 heterocycles. The Labute approximate surface area is 159 Å². The molecule has 4 heteroatoms. The maximum absolute atomic E-state index is 12.8. The lowest BCUT2D eigenvalue weighted by atomic mass is 10.1. The molecule has 0 atom stereocenters. The van der Waals surface area contributed by atoms with Gasteiger partial charge < -0.3 is 0 Å². The molecule has 0 spiro atoms. The molecule has 2 aromatic carbocycles. The van der Waals surface area contributed by atoms with Gasteiger partial charge in [0, 0.05) is 23.1 Å². The molecular formula is C22H23ClN2O. The van der Waals surface area contributed by atoms with Crippen LogP contribution in [0.3, 0.4) is 0 Å². The third kappa shape index (κ3) is 4.61. The number of benzene rings is 2. The highest BCUT2D eigenvalue weighted by Crippen LogP contribution is 2.19. The van der Waals surface area contributed by atoms with Crippen molar-refractivity contribution in [1.29, 1.82) is 0 Å². The molecule has 3 rings (SSSR count). The smallest absolute Gasteiger partial charge is 0.254 e. The van der Waals surface area contributed by atoms with E-state index in [1.165, 1.54) is 0 Å². The molecule has 0 aliphatic carbocycles. The lowest BCUT2D eigenvalue weighted by Gasteiger charge is -2.14. The minimum atomic E-state index is -0.0136. The first-order valence-electron chi connectivity index (χ1n) is 9.08. The summed E-state index contributed by atoms with van der Waals surface area (Å²) in [7, 11) is 0. The van der Waals surface area contributed by atoms with E-state index in [1.54, 1.807) is 10.6 Å². The minimum absolute atomic E-state index is 0.0136. The van der Waals surface area contributed by atoms with Gasteiger partial charge in [-0.3, -0.25) is 9.36 Å². The lowest BCUT2D eigenvalue weighted by Crippen LogP contribution is -2.25. The SMILES string of the molecule is CCCCCc1nc(-c2ccc(Cl)cc2)cc(=O)n1Cc1ccccc1. The van der Waals surface area contributed by atoms with Crippen molar-refractivity contribution in [2.75, 3.05) is 0 Å². The Morgan fingerprint density at radius 1 is 1.00 bits per heavy atom. The van der Waals surface area contributed by atoms with E-state index in [1.807, 2.05) is 54.6 Å². The molecule has 0 saturated carbocycles. The summed E-state index contributed by atoms with van der Waals surface area (Å²) in [5, 5.41) is 0.675. The van der Waals surface area contributed by atoms with Gasteiger partial charge in [0.2, 0.25) is 0 Å². The first kappa shape index (κ1) is 18.4. The Bertz CT molecular complexity index is 902. The van der Waals surface area contributed by atoms with Crippen molar-refractivity contribution in [1.82, 2.24) is 9.55 Å². The first-order valence-corrected chi connectivity index (χ1v) is 9.46. The maximum atomic E-state index is 12.8. The molecule has 134 valence electrons. The van der Waals surface area contributed by atoms with Crippen LogP contribution in [0, 0.1) is 0 Å². The fourth-order valence-electron chi connectivity index (χ4n) is 2.98. The summed E-state index contributed by atoms with van der Waals surface area (Å²) in [5.41, 5.74) is 2.71. The topological polar surface area (TPSA) is 34.9 Å². The van der Waals surface area contributed by atoms with Crippen LogP contribution >= 0.6 is 11.6 Å². The molecule has 0 bridgehead atoms. The van der Waals surface area contributed by atoms with Crippen molar-refractivity contribution in [2.24, 2.45) is 0 Å². The van der Waals surface area contributed by atoms with Crippen molar-refractivity contribution < 1.29 is 0 Å². The van der Waals surface area contributed by atoms with Crippen LogP contribution in [0.2, 0.25) is 5.02 Å². The standard InChI is InChI=1S/C22H23ClN2O/c1-2-3-5-10-21-24-20(18-11-13-19(23)14-12-18)15-22(26)25(21)16-17-8-6-4-7-9-17/h4,6-9,11-15H,2-3,5,10,16H2,1H3. The summed E-state index contributed by atoms with van der Waals surface area (Å²) in [5.74, 6) is 0.847. The Kier molecular flexibility index (Phi) is 6.24. The summed E-state index contributed by atoms with van der Waals surface area (Å²) in [6, 6.07) is 19.1. The Hall–Kier alpha value is -2.39. The van der Waals surface area contributed by atoms with E-state index in [0.29, 0.717) is 17.3 Å². The van der Waals surface area contributed by atoms with Crippen molar-refractivity contribution in [2.45, 2.75) is 39.2 Å². The van der Waals surface area contributed by atoms with Crippen LogP contribution in [-0.4, -0.2) is 9.55 Å². The van der Waals surface area contributed by atoms with Gasteiger partial charge in [0.15, 0.2) is 0 Å². The molecule has 3 aromatic rings. The fourth-order valence-corrected chi connectivity index (χ4v) is 3.11. The zero-order chi connectivity index (χ0) is 18.4. The van der Waals surface area contributed by atoms with Gasteiger partial charge in [-0.25, -0.2) is 4.98 Å². The highest BCUT2D eigenvalue weighted by Gasteiger charge is 2.11. The van der Waals surface area contributed by atoms with Gasteiger partial charge in [-0.15, -0.1) is 0 Å². The predicted molar refractivity (Wildman–Crippen MR) is 108 cm³/mol. The second kappa shape index (κ2) is 8.81. The molecule has 0 amide bonds. The van der Waals surface area contributed by atoms with Crippen molar-refractivity contribution in [3.8, 4) is 11.3 Å². The lowest BCUT2D eigenvalue weighted by molar-refractivity contribution is 0.622. The van der Waals surface area contributed by atoms with Crippen LogP contribution in [-0.2, 0) is 13.0 Å². The van der Waals surface area contributed by atoms with Crippen molar-refractivity contribution >= 4 is 11.6 Å². The average Bonchev–Trinajstić information content (AvgIpc) is 2.66. The van der Waals surface area contributed by atoms with Crippen LogP contribution < -0.4 is 5.56 Å². The zero-order valence-electron chi connectivity index (χ0n) is 15.0. The third-order valence-corrected chi connectivity index (χ3v) is 4.67. The number of aryl methyl sites for hydroxylation is 1. The van der Waals surface area contributed by atoms with Gasteiger partial charge in [0.1, 0.15) is 5.82 Å². The molecule has 0 saturated heterocycles. The third-order valence-electron chi connectivity index (χ3n) is 4.41. The van der Waals surface area contributed by atoms with E-state index in [2.05, 4.69) is 6.92 Å². The molecular weight excluding hydrogens is 344 g/mol. The highest BCUT2D eigenvalue weighted by atomic mass is 35.5. The van der Waals surface area contributed by atoms with E-state index in [4.69, 9.17) is 16.6 Å². The zero-order valence-corrected chi connectivity index (χ0v) is 15.7. The first-order chi connectivity index (χ1) is 12.7. The van der Waals surface area contributed by atoms with Crippen LogP contribution in [0.25, 0.3) is 11.3 Å². The molecule has 0 fully saturated rings. The summed E-state index contributed by atoms with van der Waals surface area (Å²) in [6.45, 7) is 2.73. The van der Waals surface area contributed by atoms with E-state index >= 15 is 0 Å². The Morgan fingerprint density at radius 2 is 1.73 bits per heavy atom. The van der Waals surface area contributed by atoms with Gasteiger partial charge in [-0.2, -0.15) is 0 Å². The summed E-state index contributed by atoms with van der Waals surface area (Å²) < 4.78 is 1.80. The molecule has 1 aromatic heterocycles. The maximum Gasteiger partial charge on any atom is 0.254 e. The number of unbranched alkanes of at least 4 members (excludes halogenated alkanes) is 2. The van der Waals surface area contributed by atoms with Crippen LogP contribution in [0.4, 0.5) is 0 Å². The normalized spacial score (nSPS) is 10.8. The number of aromatic nitrogens is 2. The quantitative estimate of drug-likeness (QED) is 0.528. The van der Waals surface area contributed by atoms with Gasteiger partial charge in [0.25, 0.3) is 5.56 Å². The van der Waals surface area contributed by atoms with Gasteiger partial charge in [0.05, 0.1) is 12.2 Å². The molecule has 3 nitrogen and oxygen atoms in total. The van der Waals surface area contributed by atoms with Crippen molar-refractivity contribution in [3.05, 3.63) is 87.4 Å². The van der Waals surface area contributed by atoms with Crippen LogP contribution in [0.1, 0.15) is 37.6 Å². The molecule has 0 radical (unpaired) electrons. The number of hydrogen-bond donors (Lipinski definition) is 0. The minimum Gasteiger partial charge on any atom is -0.292 e. The number of halogens is 1. The van der Waals surface area contributed by atoms with Crippen LogP contribution in [0.5, 0.6) is 0 Å². The second-order valence-corrected chi connectivity index (χ2v) is 6.87. The number of rotatable bonds is 7. The Balaban J connectivity index is 1.99. The van der Waals surface area contributed by atoms with Crippen LogP contribution in [0.15, 0.2) is 65.5 Å². The molecule has 26 heavy (non-hydrogen) atoms. The van der Waals surface area contributed by atoms with E-state index < -0.39 is 0 Å². The Morgan fingerprint density at radius 3 is 2.42 bits per heavy atom. The number of hydrogen-bond acceptors (Lipinski definition) is 2. The van der Waals surface area contributed by atoms with Gasteiger partial charge in [-0.1, -0.05) is 73.8 Å². The molecule has 0 N–H and O–H groups in total. The molecule has 0 aliphatic rings. The summed E-state index contributed by atoms with van der Waals surface area (Å²) in [4.78, 5) is 17.7. The summed E-state index contributed by atoms with van der Waals surface area (Å²) in [6.07, 6.45) is 4.10. The monoisotopic (exact) mass is 366 g/mol. The van der Waals surface area contributed by atoms with Crippen molar-refractivity contribution in [3.63, 3.8) is 0 Å². The summed E-state index contributed by atoms with van der Waals surface area (Å²) >= 11 is 5.98. The van der Waals surface area contributed by atoms with E-state index in [-0.39, 0.29) is 5.56 Å².